The molecule has 2 aromatic carbocycles. The van der Waals surface area contributed by atoms with E-state index in [1.165, 1.54) is 31.4 Å². The van der Waals surface area contributed by atoms with E-state index in [9.17, 15) is 17.2 Å². The quantitative estimate of drug-likeness (QED) is 0.571. The Hall–Kier alpha value is -2.19. The number of benzene rings is 2. The molecule has 0 atom stereocenters. The lowest BCUT2D eigenvalue weighted by Gasteiger charge is -2.09. The third-order valence-corrected chi connectivity index (χ3v) is 4.01. The summed E-state index contributed by atoms with van der Waals surface area (Å²) < 4.78 is 65.2. The normalized spacial score (nSPS) is 11.3. The van der Waals surface area contributed by atoms with E-state index in [1.54, 1.807) is 0 Å². The van der Waals surface area contributed by atoms with Crippen LogP contribution in [0.2, 0.25) is 0 Å². The highest BCUT2D eigenvalue weighted by Crippen LogP contribution is 2.23. The third kappa shape index (κ3) is 4.64. The minimum atomic E-state index is -4.23. The second-order valence-corrected chi connectivity index (χ2v) is 5.97. The van der Waals surface area contributed by atoms with Crippen molar-refractivity contribution in [3.8, 4) is 11.5 Å². The van der Waals surface area contributed by atoms with Crippen molar-refractivity contribution in [1.82, 2.24) is 0 Å². The zero-order chi connectivity index (χ0) is 16.9. The molecule has 5 nitrogen and oxygen atoms in total. The lowest BCUT2D eigenvalue weighted by Crippen LogP contribution is -2.11. The van der Waals surface area contributed by atoms with Crippen LogP contribution < -0.4 is 8.92 Å². The first-order valence-electron chi connectivity index (χ1n) is 6.54. The fourth-order valence-corrected chi connectivity index (χ4v) is 2.59. The van der Waals surface area contributed by atoms with Gasteiger partial charge in [-0.2, -0.15) is 8.42 Å². The number of hydrogen-bond donors (Lipinski definition) is 0. The van der Waals surface area contributed by atoms with E-state index in [4.69, 9.17) is 9.47 Å². The van der Waals surface area contributed by atoms with Gasteiger partial charge in [0, 0.05) is 13.2 Å². The largest absolute Gasteiger partial charge is 0.491 e. The van der Waals surface area contributed by atoms with Crippen LogP contribution in [0.1, 0.15) is 0 Å². The second-order valence-electron chi connectivity index (χ2n) is 4.42. The van der Waals surface area contributed by atoms with Crippen LogP contribution in [0.3, 0.4) is 0 Å². The molecular weight excluding hydrogens is 330 g/mol. The maximum atomic E-state index is 13.5. The molecule has 2 rings (SSSR count). The predicted molar refractivity (Wildman–Crippen MR) is 78.0 cm³/mol. The summed E-state index contributed by atoms with van der Waals surface area (Å²) in [6.45, 7) is 0.715. The number of hydrogen-bond acceptors (Lipinski definition) is 5. The van der Waals surface area contributed by atoms with E-state index in [2.05, 4.69) is 4.18 Å². The molecule has 2 aromatic rings. The molecule has 0 unspecified atom stereocenters. The van der Waals surface area contributed by atoms with Gasteiger partial charge in [0.05, 0.1) is 6.61 Å². The summed E-state index contributed by atoms with van der Waals surface area (Å²) in [6.07, 6.45) is 0. The van der Waals surface area contributed by atoms with Crippen LogP contribution >= 0.6 is 0 Å². The summed E-state index contributed by atoms with van der Waals surface area (Å²) in [6, 6.07) is 7.75. The van der Waals surface area contributed by atoms with Crippen molar-refractivity contribution < 1.29 is 30.9 Å². The summed E-state index contributed by atoms with van der Waals surface area (Å²) in [5.41, 5.74) is 0. The lowest BCUT2D eigenvalue weighted by atomic mass is 10.3. The van der Waals surface area contributed by atoms with Crippen LogP contribution in [0, 0.1) is 11.6 Å². The molecule has 0 bridgehead atoms. The van der Waals surface area contributed by atoms with E-state index >= 15 is 0 Å². The first kappa shape index (κ1) is 17.2. The van der Waals surface area contributed by atoms with E-state index in [0.717, 1.165) is 12.1 Å². The molecule has 0 aliphatic carbocycles. The zero-order valence-corrected chi connectivity index (χ0v) is 13.0. The molecule has 0 aliphatic rings. The molecule has 0 heterocycles. The van der Waals surface area contributed by atoms with Crippen molar-refractivity contribution >= 4 is 10.1 Å². The molecular formula is C15H14F2O5S. The van der Waals surface area contributed by atoms with Gasteiger partial charge in [0.15, 0.2) is 11.6 Å². The van der Waals surface area contributed by atoms with Crippen LogP contribution in [-0.4, -0.2) is 28.7 Å². The Morgan fingerprint density at radius 1 is 1.00 bits per heavy atom. The van der Waals surface area contributed by atoms with E-state index in [-0.39, 0.29) is 4.90 Å². The van der Waals surface area contributed by atoms with Gasteiger partial charge < -0.3 is 13.7 Å². The fraction of sp³-hybridized carbons (Fsp3) is 0.200. The van der Waals surface area contributed by atoms with Gasteiger partial charge in [-0.25, -0.2) is 8.78 Å². The first-order chi connectivity index (χ1) is 10.9. The van der Waals surface area contributed by atoms with E-state index in [1.807, 2.05) is 0 Å². The molecule has 0 radical (unpaired) electrons. The molecule has 124 valence electrons. The molecule has 0 N–H and O–H groups in total. The standard InChI is InChI=1S/C15H14F2O5S/c1-20-8-9-21-12-3-5-13(6-4-12)23(18,19)22-15-7-2-11(16)10-14(15)17/h2-7,10H,8-9H2,1H3. The van der Waals surface area contributed by atoms with E-state index in [0.29, 0.717) is 25.0 Å². The molecule has 0 aromatic heterocycles. The van der Waals surface area contributed by atoms with Gasteiger partial charge in [-0.05, 0) is 36.4 Å². The molecule has 8 heteroatoms. The molecule has 0 aliphatic heterocycles. The third-order valence-electron chi connectivity index (χ3n) is 2.76. The van der Waals surface area contributed by atoms with Crippen molar-refractivity contribution in [1.29, 1.82) is 0 Å². The minimum absolute atomic E-state index is 0.180. The Morgan fingerprint density at radius 2 is 1.70 bits per heavy atom. The summed E-state index contributed by atoms with van der Waals surface area (Å²) in [5.74, 6) is -2.06. The Labute approximate surface area is 132 Å². The second kappa shape index (κ2) is 7.38. The number of halogens is 2. The van der Waals surface area contributed by atoms with Crippen LogP contribution in [-0.2, 0) is 14.9 Å². The highest BCUT2D eigenvalue weighted by atomic mass is 32.2. The van der Waals surface area contributed by atoms with Crippen molar-refractivity contribution in [2.45, 2.75) is 4.90 Å². The van der Waals surface area contributed by atoms with Crippen molar-refractivity contribution in [2.75, 3.05) is 20.3 Å². The average Bonchev–Trinajstić information content (AvgIpc) is 2.51. The van der Waals surface area contributed by atoms with Crippen LogP contribution in [0.25, 0.3) is 0 Å². The van der Waals surface area contributed by atoms with Crippen molar-refractivity contribution in [2.24, 2.45) is 0 Å². The van der Waals surface area contributed by atoms with Gasteiger partial charge in [-0.1, -0.05) is 0 Å². The van der Waals surface area contributed by atoms with E-state index < -0.39 is 27.5 Å². The predicted octanol–water partition coefficient (Wildman–Crippen LogP) is 2.76. The highest BCUT2D eigenvalue weighted by molar-refractivity contribution is 7.87. The smallest absolute Gasteiger partial charge is 0.339 e. The summed E-state index contributed by atoms with van der Waals surface area (Å²) in [5, 5.41) is 0. The molecule has 0 fully saturated rings. The van der Waals surface area contributed by atoms with Gasteiger partial charge in [0.25, 0.3) is 0 Å². The number of ether oxygens (including phenoxy) is 2. The summed E-state index contributed by atoms with van der Waals surface area (Å²) in [7, 11) is -2.70. The van der Waals surface area contributed by atoms with Crippen LogP contribution in [0.15, 0.2) is 47.4 Å². The molecule has 0 saturated heterocycles. The summed E-state index contributed by atoms with van der Waals surface area (Å²) in [4.78, 5) is -0.180. The molecule has 0 amide bonds. The van der Waals surface area contributed by atoms with Gasteiger partial charge in [0.1, 0.15) is 23.1 Å². The SMILES string of the molecule is COCCOc1ccc(S(=O)(=O)Oc2ccc(F)cc2F)cc1. The van der Waals surface area contributed by atoms with Crippen LogP contribution in [0.5, 0.6) is 11.5 Å². The van der Waals surface area contributed by atoms with Gasteiger partial charge in [0.2, 0.25) is 0 Å². The maximum absolute atomic E-state index is 13.5. The Bertz CT molecular complexity index is 760. The van der Waals surface area contributed by atoms with Crippen LogP contribution in [0.4, 0.5) is 8.78 Å². The Balaban J connectivity index is 2.13. The fourth-order valence-electron chi connectivity index (χ4n) is 1.65. The average molecular weight is 344 g/mol. The first-order valence-corrected chi connectivity index (χ1v) is 7.94. The number of rotatable bonds is 7. The molecule has 0 spiro atoms. The molecule has 23 heavy (non-hydrogen) atoms. The zero-order valence-electron chi connectivity index (χ0n) is 12.2. The maximum Gasteiger partial charge on any atom is 0.339 e. The lowest BCUT2D eigenvalue weighted by molar-refractivity contribution is 0.146. The highest BCUT2D eigenvalue weighted by Gasteiger charge is 2.19. The van der Waals surface area contributed by atoms with Crippen molar-refractivity contribution in [3.63, 3.8) is 0 Å². The number of methoxy groups -OCH3 is 1. The summed E-state index contributed by atoms with van der Waals surface area (Å²) >= 11 is 0. The topological polar surface area (TPSA) is 61.8 Å². The van der Waals surface area contributed by atoms with Gasteiger partial charge in [-0.15, -0.1) is 0 Å². The molecule has 0 saturated carbocycles. The Kier molecular flexibility index (Phi) is 5.51. The van der Waals surface area contributed by atoms with Crippen molar-refractivity contribution in [3.05, 3.63) is 54.1 Å². The van der Waals surface area contributed by atoms with Gasteiger partial charge in [-0.3, -0.25) is 0 Å². The minimum Gasteiger partial charge on any atom is -0.491 e. The Morgan fingerprint density at radius 3 is 2.30 bits per heavy atom. The monoisotopic (exact) mass is 344 g/mol. The van der Waals surface area contributed by atoms with Gasteiger partial charge >= 0.3 is 10.1 Å².